The summed E-state index contributed by atoms with van der Waals surface area (Å²) in [4.78, 5) is 42.7. The molecule has 7 heteroatoms. The normalized spacial score (nSPS) is 18.5. The number of thioether (sulfide) groups is 1. The van der Waals surface area contributed by atoms with Crippen molar-refractivity contribution in [1.29, 1.82) is 0 Å². The van der Waals surface area contributed by atoms with Crippen LogP contribution in [0.25, 0.3) is 0 Å². The highest BCUT2D eigenvalue weighted by Crippen LogP contribution is 2.39. The Kier molecular flexibility index (Phi) is 5.85. The van der Waals surface area contributed by atoms with Crippen molar-refractivity contribution in [3.8, 4) is 0 Å². The van der Waals surface area contributed by atoms with Crippen LogP contribution in [0.2, 0.25) is 0 Å². The first-order chi connectivity index (χ1) is 14.1. The number of amides is 3. The van der Waals surface area contributed by atoms with E-state index >= 15 is 0 Å². The van der Waals surface area contributed by atoms with E-state index in [9.17, 15) is 14.4 Å². The summed E-state index contributed by atoms with van der Waals surface area (Å²) in [7, 11) is 0. The molecular weight excluding hydrogens is 386 g/mol. The summed E-state index contributed by atoms with van der Waals surface area (Å²) in [6.07, 6.45) is 1.94. The number of benzene rings is 2. The fraction of sp³-hybridized carbons (Fsp3) is 0.318. The average Bonchev–Trinajstić information content (AvgIpc) is 3.29. The molecule has 2 heterocycles. The number of fused-ring (bicyclic) bond motifs is 1. The number of nitrogens with one attached hydrogen (secondary N) is 1. The molecule has 2 aromatic rings. The van der Waals surface area contributed by atoms with Crippen LogP contribution >= 0.6 is 11.8 Å². The Morgan fingerprint density at radius 2 is 1.69 bits per heavy atom. The average molecular weight is 410 g/mol. The third-order valence-corrected chi connectivity index (χ3v) is 6.41. The van der Waals surface area contributed by atoms with Crippen molar-refractivity contribution in [1.82, 2.24) is 10.2 Å². The van der Waals surface area contributed by atoms with Crippen LogP contribution < -0.4 is 10.2 Å². The molecule has 2 aromatic carbocycles. The fourth-order valence-electron chi connectivity index (χ4n) is 3.64. The second-order valence-electron chi connectivity index (χ2n) is 7.18. The number of rotatable bonds is 5. The maximum atomic E-state index is 13.2. The van der Waals surface area contributed by atoms with Gasteiger partial charge >= 0.3 is 0 Å². The first-order valence-electron chi connectivity index (χ1n) is 9.80. The molecule has 150 valence electrons. The van der Waals surface area contributed by atoms with Crippen molar-refractivity contribution in [2.45, 2.75) is 29.5 Å². The Morgan fingerprint density at radius 3 is 2.45 bits per heavy atom. The third kappa shape index (κ3) is 4.29. The SMILES string of the molecule is O=C(CN1C(=O)[C@@H](C(=O)N2CCCC2)Sc2ccccc21)NCc1ccccc1. The Morgan fingerprint density at radius 1 is 1.00 bits per heavy atom. The zero-order valence-electron chi connectivity index (χ0n) is 16.0. The molecule has 0 radical (unpaired) electrons. The molecule has 2 aliphatic heterocycles. The van der Waals surface area contributed by atoms with Crippen molar-refractivity contribution in [3.63, 3.8) is 0 Å². The first-order valence-corrected chi connectivity index (χ1v) is 10.7. The summed E-state index contributed by atoms with van der Waals surface area (Å²) in [5.41, 5.74) is 1.67. The first kappa shape index (κ1) is 19.5. The van der Waals surface area contributed by atoms with Crippen LogP contribution in [0.15, 0.2) is 59.5 Å². The molecule has 0 aromatic heterocycles. The van der Waals surface area contributed by atoms with Crippen LogP contribution in [-0.2, 0) is 20.9 Å². The van der Waals surface area contributed by atoms with E-state index in [1.54, 1.807) is 4.90 Å². The van der Waals surface area contributed by atoms with E-state index in [-0.39, 0.29) is 24.3 Å². The van der Waals surface area contributed by atoms with E-state index < -0.39 is 5.25 Å². The standard InChI is InChI=1S/C22H23N3O3S/c26-19(23-14-16-8-2-1-3-9-16)15-25-17-10-4-5-11-18(17)29-20(22(25)28)21(27)24-12-6-7-13-24/h1-5,8-11,20H,6-7,12-15H2,(H,23,26)/t20-/m1/s1. The summed E-state index contributed by atoms with van der Waals surface area (Å²) in [5, 5.41) is 2.03. The van der Waals surface area contributed by atoms with Gasteiger partial charge in [0.2, 0.25) is 11.8 Å². The minimum atomic E-state index is -0.829. The van der Waals surface area contributed by atoms with Crippen molar-refractivity contribution in [2.24, 2.45) is 0 Å². The Labute approximate surface area is 174 Å². The summed E-state index contributed by atoms with van der Waals surface area (Å²) >= 11 is 1.29. The number of anilines is 1. The molecule has 3 amide bonds. The molecular formula is C22H23N3O3S. The maximum Gasteiger partial charge on any atom is 0.250 e. The fourth-order valence-corrected chi connectivity index (χ4v) is 4.82. The van der Waals surface area contributed by atoms with Crippen LogP contribution in [-0.4, -0.2) is 47.5 Å². The van der Waals surface area contributed by atoms with Crippen LogP contribution in [0.5, 0.6) is 0 Å². The number of carbonyl (C=O) groups is 3. The van der Waals surface area contributed by atoms with E-state index in [1.807, 2.05) is 54.6 Å². The van der Waals surface area contributed by atoms with Gasteiger partial charge < -0.3 is 15.1 Å². The molecule has 0 spiro atoms. The van der Waals surface area contributed by atoms with Crippen LogP contribution in [0.1, 0.15) is 18.4 Å². The zero-order valence-corrected chi connectivity index (χ0v) is 16.9. The summed E-state index contributed by atoms with van der Waals surface area (Å²) < 4.78 is 0. The third-order valence-electron chi connectivity index (χ3n) is 5.17. The van der Waals surface area contributed by atoms with Gasteiger partial charge in [-0.05, 0) is 30.5 Å². The summed E-state index contributed by atoms with van der Waals surface area (Å²) in [6.45, 7) is 1.69. The van der Waals surface area contributed by atoms with E-state index in [2.05, 4.69) is 5.32 Å². The number of likely N-dealkylation sites (tertiary alicyclic amines) is 1. The molecule has 2 aliphatic rings. The number of nitrogens with zero attached hydrogens (tertiary/aromatic N) is 2. The Bertz CT molecular complexity index is 913. The minimum absolute atomic E-state index is 0.104. The van der Waals surface area contributed by atoms with Gasteiger partial charge in [0.05, 0.1) is 5.69 Å². The van der Waals surface area contributed by atoms with Crippen LogP contribution in [0.4, 0.5) is 5.69 Å². The van der Waals surface area contributed by atoms with Crippen LogP contribution in [0.3, 0.4) is 0 Å². The van der Waals surface area contributed by atoms with Crippen molar-refractivity contribution in [2.75, 3.05) is 24.5 Å². The lowest BCUT2D eigenvalue weighted by Crippen LogP contribution is -2.51. The van der Waals surface area contributed by atoms with Crippen molar-refractivity contribution in [3.05, 3.63) is 60.2 Å². The number of hydrogen-bond acceptors (Lipinski definition) is 4. The van der Waals surface area contributed by atoms with Gasteiger partial charge in [-0.15, -0.1) is 11.8 Å². The molecule has 1 fully saturated rings. The van der Waals surface area contributed by atoms with Gasteiger partial charge in [-0.2, -0.15) is 0 Å². The highest BCUT2D eigenvalue weighted by atomic mass is 32.2. The maximum absolute atomic E-state index is 13.2. The number of carbonyl (C=O) groups excluding carboxylic acids is 3. The molecule has 0 unspecified atom stereocenters. The molecule has 0 saturated carbocycles. The van der Waals surface area contributed by atoms with E-state index in [1.165, 1.54) is 16.7 Å². The van der Waals surface area contributed by atoms with Gasteiger partial charge in [-0.1, -0.05) is 42.5 Å². The van der Waals surface area contributed by atoms with E-state index in [0.29, 0.717) is 25.3 Å². The molecule has 1 atom stereocenters. The molecule has 1 N–H and O–H groups in total. The van der Waals surface area contributed by atoms with E-state index in [4.69, 9.17) is 0 Å². The molecule has 0 bridgehead atoms. The molecule has 1 saturated heterocycles. The lowest BCUT2D eigenvalue weighted by molar-refractivity contribution is -0.134. The van der Waals surface area contributed by atoms with Gasteiger partial charge in [0, 0.05) is 24.5 Å². The Hall–Kier alpha value is -2.80. The topological polar surface area (TPSA) is 69.7 Å². The smallest absolute Gasteiger partial charge is 0.250 e. The predicted octanol–water partition coefficient (Wildman–Crippen LogP) is 2.43. The summed E-state index contributed by atoms with van der Waals surface area (Å²) in [5.74, 6) is -0.724. The molecule has 29 heavy (non-hydrogen) atoms. The minimum Gasteiger partial charge on any atom is -0.350 e. The second-order valence-corrected chi connectivity index (χ2v) is 8.33. The predicted molar refractivity (Wildman–Crippen MR) is 113 cm³/mol. The number of hydrogen-bond donors (Lipinski definition) is 1. The van der Waals surface area contributed by atoms with Gasteiger partial charge in [0.15, 0.2) is 5.25 Å². The van der Waals surface area contributed by atoms with E-state index in [0.717, 1.165) is 23.3 Å². The Balaban J connectivity index is 1.50. The van der Waals surface area contributed by atoms with Gasteiger partial charge in [-0.3, -0.25) is 14.4 Å². The zero-order chi connectivity index (χ0) is 20.2. The monoisotopic (exact) mass is 409 g/mol. The highest BCUT2D eigenvalue weighted by Gasteiger charge is 2.41. The second kappa shape index (κ2) is 8.69. The van der Waals surface area contributed by atoms with Crippen molar-refractivity contribution < 1.29 is 14.4 Å². The van der Waals surface area contributed by atoms with Gasteiger partial charge in [-0.25, -0.2) is 0 Å². The molecule has 6 nitrogen and oxygen atoms in total. The van der Waals surface area contributed by atoms with Gasteiger partial charge in [0.1, 0.15) is 6.54 Å². The molecule has 0 aliphatic carbocycles. The summed E-state index contributed by atoms with van der Waals surface area (Å²) in [6, 6.07) is 17.1. The van der Waals surface area contributed by atoms with Gasteiger partial charge in [0.25, 0.3) is 5.91 Å². The number of para-hydroxylation sites is 1. The lowest BCUT2D eigenvalue weighted by Gasteiger charge is -2.34. The highest BCUT2D eigenvalue weighted by molar-refractivity contribution is 8.01. The lowest BCUT2D eigenvalue weighted by atomic mass is 10.2. The van der Waals surface area contributed by atoms with Crippen molar-refractivity contribution >= 4 is 35.2 Å². The van der Waals surface area contributed by atoms with Crippen LogP contribution in [0, 0.1) is 0 Å². The molecule has 4 rings (SSSR count). The quantitative estimate of drug-likeness (QED) is 0.770. The largest absolute Gasteiger partial charge is 0.350 e.